The van der Waals surface area contributed by atoms with Gasteiger partial charge in [-0.1, -0.05) is 52.0 Å². The molecule has 0 saturated carbocycles. The van der Waals surface area contributed by atoms with E-state index in [1.807, 2.05) is 6.08 Å². The van der Waals surface area contributed by atoms with Crippen LogP contribution in [0.2, 0.25) is 0 Å². The molecule has 24 heavy (non-hydrogen) atoms. The maximum absolute atomic E-state index is 12.2. The Balaban J connectivity index is 1.70. The van der Waals surface area contributed by atoms with E-state index in [1.165, 1.54) is 30.2 Å². The Bertz CT molecular complexity index is 675. The zero-order chi connectivity index (χ0) is 17.3. The Morgan fingerprint density at radius 1 is 1.17 bits per heavy atom. The summed E-state index contributed by atoms with van der Waals surface area (Å²) in [5.74, 6) is 0.675. The fourth-order valence-electron chi connectivity index (χ4n) is 2.96. The van der Waals surface area contributed by atoms with E-state index in [0.717, 1.165) is 34.6 Å². The van der Waals surface area contributed by atoms with Crippen molar-refractivity contribution >= 4 is 28.9 Å². The predicted molar refractivity (Wildman–Crippen MR) is 103 cm³/mol. The summed E-state index contributed by atoms with van der Waals surface area (Å²) in [6.07, 6.45) is 4.32. The maximum Gasteiger partial charge on any atom is 0.286 e. The monoisotopic (exact) mass is 342 g/mol. The minimum absolute atomic E-state index is 0.103. The highest BCUT2D eigenvalue weighted by Crippen LogP contribution is 2.32. The van der Waals surface area contributed by atoms with Crippen molar-refractivity contribution in [3.05, 3.63) is 40.3 Å². The van der Waals surface area contributed by atoms with Gasteiger partial charge in [0.2, 0.25) is 0 Å². The molecule has 128 valence electrons. The first-order chi connectivity index (χ1) is 11.3. The first-order valence-corrected chi connectivity index (χ1v) is 9.52. The van der Waals surface area contributed by atoms with Gasteiger partial charge >= 0.3 is 0 Å². The van der Waals surface area contributed by atoms with Crippen LogP contribution in [0.3, 0.4) is 0 Å². The Labute approximate surface area is 149 Å². The average Bonchev–Trinajstić information content (AvgIpc) is 2.89. The summed E-state index contributed by atoms with van der Waals surface area (Å²) in [5, 5.41) is 0.879. The van der Waals surface area contributed by atoms with Crippen molar-refractivity contribution in [2.75, 3.05) is 13.1 Å². The lowest BCUT2D eigenvalue weighted by atomic mass is 9.87. The Morgan fingerprint density at radius 3 is 2.38 bits per heavy atom. The molecule has 3 rings (SSSR count). The second kappa shape index (κ2) is 6.75. The van der Waals surface area contributed by atoms with Crippen LogP contribution in [0, 0.1) is 5.92 Å². The third-order valence-electron chi connectivity index (χ3n) is 4.74. The molecule has 0 atom stereocenters. The summed E-state index contributed by atoms with van der Waals surface area (Å²) >= 11 is 1.52. The molecule has 1 aromatic rings. The summed E-state index contributed by atoms with van der Waals surface area (Å²) in [7, 11) is 0. The number of amidine groups is 1. The molecule has 2 aliphatic heterocycles. The van der Waals surface area contributed by atoms with Crippen molar-refractivity contribution in [3.8, 4) is 0 Å². The molecule has 3 nitrogen and oxygen atoms in total. The predicted octanol–water partition coefficient (Wildman–Crippen LogP) is 4.69. The van der Waals surface area contributed by atoms with Gasteiger partial charge in [-0.25, -0.2) is 0 Å². The summed E-state index contributed by atoms with van der Waals surface area (Å²) < 4.78 is 0. The van der Waals surface area contributed by atoms with Crippen molar-refractivity contribution in [2.24, 2.45) is 10.9 Å². The molecule has 0 N–H and O–H groups in total. The van der Waals surface area contributed by atoms with E-state index in [4.69, 9.17) is 0 Å². The number of nitrogens with zero attached hydrogens (tertiary/aromatic N) is 2. The second-order valence-electron chi connectivity index (χ2n) is 7.85. The highest BCUT2D eigenvalue weighted by molar-refractivity contribution is 8.18. The van der Waals surface area contributed by atoms with Gasteiger partial charge in [-0.15, -0.1) is 0 Å². The van der Waals surface area contributed by atoms with E-state index >= 15 is 0 Å². The van der Waals surface area contributed by atoms with Gasteiger partial charge in [0.05, 0.1) is 4.91 Å². The van der Waals surface area contributed by atoms with E-state index < -0.39 is 0 Å². The van der Waals surface area contributed by atoms with Gasteiger partial charge in [-0.2, -0.15) is 4.99 Å². The van der Waals surface area contributed by atoms with Crippen LogP contribution in [0.4, 0.5) is 0 Å². The number of hydrogen-bond acceptors (Lipinski definition) is 3. The number of hydrogen-bond donors (Lipinski definition) is 0. The minimum atomic E-state index is -0.103. The summed E-state index contributed by atoms with van der Waals surface area (Å²) in [5.41, 5.74) is 2.50. The third-order valence-corrected chi connectivity index (χ3v) is 5.78. The Hall–Kier alpha value is -1.55. The lowest BCUT2D eigenvalue weighted by Gasteiger charge is -2.30. The number of amides is 1. The number of carbonyl (C=O) groups excluding carboxylic acids is 1. The van der Waals surface area contributed by atoms with Crippen LogP contribution in [0.15, 0.2) is 34.2 Å². The largest absolute Gasteiger partial charge is 0.351 e. The Morgan fingerprint density at radius 2 is 1.79 bits per heavy atom. The number of likely N-dealkylation sites (tertiary alicyclic amines) is 1. The molecule has 0 aromatic heterocycles. The highest BCUT2D eigenvalue weighted by Gasteiger charge is 2.28. The molecule has 0 bridgehead atoms. The lowest BCUT2D eigenvalue weighted by Crippen LogP contribution is -2.35. The zero-order valence-corrected chi connectivity index (χ0v) is 15.8. The van der Waals surface area contributed by atoms with Gasteiger partial charge < -0.3 is 4.90 Å². The van der Waals surface area contributed by atoms with Crippen LogP contribution >= 0.6 is 11.8 Å². The van der Waals surface area contributed by atoms with Crippen molar-refractivity contribution in [3.63, 3.8) is 0 Å². The molecule has 4 heteroatoms. The number of carbonyl (C=O) groups is 1. The van der Waals surface area contributed by atoms with Crippen molar-refractivity contribution in [1.29, 1.82) is 0 Å². The van der Waals surface area contributed by atoms with E-state index in [9.17, 15) is 4.79 Å². The fraction of sp³-hybridized carbons (Fsp3) is 0.500. The summed E-state index contributed by atoms with van der Waals surface area (Å²) in [6.45, 7) is 10.9. The van der Waals surface area contributed by atoms with Crippen molar-refractivity contribution < 1.29 is 4.79 Å². The van der Waals surface area contributed by atoms with Gasteiger partial charge in [-0.3, -0.25) is 4.79 Å². The number of thioether (sulfide) groups is 1. The zero-order valence-electron chi connectivity index (χ0n) is 15.0. The molecule has 2 aliphatic rings. The number of rotatable bonds is 1. The van der Waals surface area contributed by atoms with E-state index in [-0.39, 0.29) is 11.3 Å². The number of piperidine rings is 1. The molecule has 0 unspecified atom stereocenters. The van der Waals surface area contributed by atoms with Crippen LogP contribution in [0.25, 0.3) is 6.08 Å². The van der Waals surface area contributed by atoms with Gasteiger partial charge in [0.15, 0.2) is 5.17 Å². The standard InChI is InChI=1S/C20H26N2OS/c1-14-9-11-22(12-10-14)19-21-18(23)17(24-19)13-15-5-7-16(8-6-15)20(2,3)4/h5-8,13-14H,9-12H2,1-4H3. The smallest absolute Gasteiger partial charge is 0.286 e. The summed E-state index contributed by atoms with van der Waals surface area (Å²) in [4.78, 5) is 19.5. The van der Waals surface area contributed by atoms with Crippen LogP contribution in [-0.2, 0) is 10.2 Å². The van der Waals surface area contributed by atoms with Crippen LogP contribution < -0.4 is 0 Å². The van der Waals surface area contributed by atoms with Crippen molar-refractivity contribution in [1.82, 2.24) is 4.90 Å². The first kappa shape index (κ1) is 17.3. The average molecular weight is 343 g/mol. The molecular weight excluding hydrogens is 316 g/mol. The maximum atomic E-state index is 12.2. The molecule has 1 saturated heterocycles. The number of aliphatic imine (C=N–C) groups is 1. The van der Waals surface area contributed by atoms with E-state index in [2.05, 4.69) is 61.9 Å². The molecule has 0 aliphatic carbocycles. The molecule has 1 amide bonds. The van der Waals surface area contributed by atoms with E-state index in [0.29, 0.717) is 0 Å². The van der Waals surface area contributed by atoms with Crippen LogP contribution in [-0.4, -0.2) is 29.1 Å². The third kappa shape index (κ3) is 3.92. The molecular formula is C20H26N2OS. The normalized spacial score (nSPS) is 21.5. The molecule has 0 radical (unpaired) electrons. The Kier molecular flexibility index (Phi) is 4.86. The topological polar surface area (TPSA) is 32.7 Å². The fourth-order valence-corrected chi connectivity index (χ4v) is 3.93. The SMILES string of the molecule is CC1CCN(C2=NC(=O)C(=Cc3ccc(C(C)(C)C)cc3)S2)CC1. The first-order valence-electron chi connectivity index (χ1n) is 8.71. The number of benzene rings is 1. The highest BCUT2D eigenvalue weighted by atomic mass is 32.2. The van der Waals surface area contributed by atoms with Crippen molar-refractivity contribution in [2.45, 2.75) is 46.0 Å². The van der Waals surface area contributed by atoms with Gasteiger partial charge in [-0.05, 0) is 53.1 Å². The van der Waals surface area contributed by atoms with E-state index in [1.54, 1.807) is 0 Å². The summed E-state index contributed by atoms with van der Waals surface area (Å²) in [6, 6.07) is 8.46. The minimum Gasteiger partial charge on any atom is -0.351 e. The quantitative estimate of drug-likeness (QED) is 0.694. The molecule has 2 heterocycles. The molecule has 1 fully saturated rings. The van der Waals surface area contributed by atoms with Crippen LogP contribution in [0.1, 0.15) is 51.7 Å². The lowest BCUT2D eigenvalue weighted by molar-refractivity contribution is -0.113. The van der Waals surface area contributed by atoms with Gasteiger partial charge in [0.25, 0.3) is 5.91 Å². The molecule has 0 spiro atoms. The van der Waals surface area contributed by atoms with Crippen LogP contribution in [0.5, 0.6) is 0 Å². The second-order valence-corrected chi connectivity index (χ2v) is 8.86. The molecule has 1 aromatic carbocycles. The van der Waals surface area contributed by atoms with Gasteiger partial charge in [0.1, 0.15) is 0 Å². The van der Waals surface area contributed by atoms with Gasteiger partial charge in [0, 0.05) is 13.1 Å².